The molecule has 1 N–H and O–H groups in total. The van der Waals surface area contributed by atoms with Gasteiger partial charge in [0.15, 0.2) is 5.78 Å². The van der Waals surface area contributed by atoms with Crippen LogP contribution < -0.4 is 0 Å². The van der Waals surface area contributed by atoms with Crippen molar-refractivity contribution in [3.63, 3.8) is 0 Å². The molecule has 1 atom stereocenters. The Morgan fingerprint density at radius 3 is 2.38 bits per heavy atom. The predicted molar refractivity (Wildman–Crippen MR) is 48.0 cm³/mol. The summed E-state index contributed by atoms with van der Waals surface area (Å²) in [5, 5.41) is -1.16. The molecule has 0 heterocycles. The van der Waals surface area contributed by atoms with Gasteiger partial charge in [0.05, 0.1) is 0 Å². The van der Waals surface area contributed by atoms with Crippen LogP contribution in [0.4, 0.5) is 0 Å². The van der Waals surface area contributed by atoms with Crippen molar-refractivity contribution in [3.8, 4) is 0 Å². The average Bonchev–Trinajstić information content (AvgIpc) is 1.94. The molecule has 0 amide bonds. The fourth-order valence-electron chi connectivity index (χ4n) is 1.62. The number of carbonyl (C=O) groups is 1. The number of Topliss-reactive ketones (excluding diaryl/α,β-unsaturated/α-hetero) is 1. The van der Waals surface area contributed by atoms with Crippen LogP contribution in [0.1, 0.15) is 38.5 Å². The maximum Gasteiger partial charge on any atom is 0.274 e. The molecule has 5 heteroatoms. The summed E-state index contributed by atoms with van der Waals surface area (Å²) in [7, 11) is -4.16. The zero-order valence-corrected chi connectivity index (χ0v) is 8.22. The van der Waals surface area contributed by atoms with Crippen LogP contribution in [0.15, 0.2) is 0 Å². The van der Waals surface area contributed by atoms with E-state index in [2.05, 4.69) is 0 Å². The maximum atomic E-state index is 11.3. The molecule has 0 aliphatic heterocycles. The number of hydrogen-bond donors (Lipinski definition) is 1. The third kappa shape index (κ3) is 3.08. The minimum Gasteiger partial charge on any atom is -0.298 e. The van der Waals surface area contributed by atoms with Gasteiger partial charge >= 0.3 is 0 Å². The Balaban J connectivity index is 2.74. The van der Waals surface area contributed by atoms with E-state index >= 15 is 0 Å². The third-order valence-corrected chi connectivity index (χ3v) is 3.58. The lowest BCUT2D eigenvalue weighted by atomic mass is 9.99. The van der Waals surface area contributed by atoms with Gasteiger partial charge in [0.2, 0.25) is 0 Å². The molecular weight excluding hydrogens is 192 g/mol. The summed E-state index contributed by atoms with van der Waals surface area (Å²) in [6.07, 6.45) is 3.92. The Labute approximate surface area is 78.1 Å². The summed E-state index contributed by atoms with van der Waals surface area (Å²) in [4.78, 5) is 11.3. The first-order chi connectivity index (χ1) is 6.02. The van der Waals surface area contributed by atoms with E-state index in [0.717, 1.165) is 19.3 Å². The monoisotopic (exact) mass is 206 g/mol. The summed E-state index contributed by atoms with van der Waals surface area (Å²) < 4.78 is 30.4. The zero-order valence-electron chi connectivity index (χ0n) is 7.40. The lowest BCUT2D eigenvalue weighted by Gasteiger charge is -2.15. The highest BCUT2D eigenvalue weighted by Gasteiger charge is 2.30. The van der Waals surface area contributed by atoms with Crippen LogP contribution in [0.25, 0.3) is 0 Å². The second-order valence-corrected chi connectivity index (χ2v) is 5.02. The van der Waals surface area contributed by atoms with Crippen LogP contribution in [0, 0.1) is 0 Å². The molecule has 76 valence electrons. The van der Waals surface area contributed by atoms with E-state index in [0.29, 0.717) is 6.42 Å². The van der Waals surface area contributed by atoms with Crippen molar-refractivity contribution in [3.05, 3.63) is 0 Å². The van der Waals surface area contributed by atoms with Gasteiger partial charge in [-0.25, -0.2) is 0 Å². The van der Waals surface area contributed by atoms with Gasteiger partial charge in [-0.05, 0) is 12.8 Å². The first-order valence-corrected chi connectivity index (χ1v) is 6.01. The van der Waals surface area contributed by atoms with Gasteiger partial charge in [0, 0.05) is 6.42 Å². The van der Waals surface area contributed by atoms with Gasteiger partial charge in [0.1, 0.15) is 5.25 Å². The fourth-order valence-corrected chi connectivity index (χ4v) is 2.53. The molecule has 1 fully saturated rings. The zero-order chi connectivity index (χ0) is 9.90. The molecule has 0 aromatic rings. The maximum absolute atomic E-state index is 11.3. The Morgan fingerprint density at radius 1 is 1.15 bits per heavy atom. The number of carbonyl (C=O) groups excluding carboxylic acids is 1. The lowest BCUT2D eigenvalue weighted by molar-refractivity contribution is -0.119. The van der Waals surface area contributed by atoms with Crippen LogP contribution in [-0.2, 0) is 14.9 Å². The fraction of sp³-hybridized carbons (Fsp3) is 0.875. The normalized spacial score (nSPS) is 26.5. The lowest BCUT2D eigenvalue weighted by Crippen LogP contribution is -2.30. The minimum absolute atomic E-state index is 0.275. The molecule has 0 radical (unpaired) electrons. The molecule has 4 nitrogen and oxygen atoms in total. The largest absolute Gasteiger partial charge is 0.298 e. The quantitative estimate of drug-likeness (QED) is 0.653. The van der Waals surface area contributed by atoms with Crippen LogP contribution in [0.5, 0.6) is 0 Å². The summed E-state index contributed by atoms with van der Waals surface area (Å²) in [5.41, 5.74) is 0. The Morgan fingerprint density at radius 2 is 1.77 bits per heavy atom. The minimum atomic E-state index is -4.16. The molecule has 0 aromatic heterocycles. The van der Waals surface area contributed by atoms with Crippen molar-refractivity contribution < 1.29 is 17.8 Å². The van der Waals surface area contributed by atoms with Crippen molar-refractivity contribution in [2.45, 2.75) is 43.8 Å². The third-order valence-electron chi connectivity index (χ3n) is 2.36. The van der Waals surface area contributed by atoms with Crippen LogP contribution >= 0.6 is 0 Å². The van der Waals surface area contributed by atoms with Crippen LogP contribution in [0.2, 0.25) is 0 Å². The molecule has 1 aliphatic carbocycles. The SMILES string of the molecule is O=C1CCCCCC[C@@H]1S(=O)(=O)O. The average molecular weight is 206 g/mol. The number of rotatable bonds is 1. The van der Waals surface area contributed by atoms with Gasteiger partial charge in [-0.15, -0.1) is 0 Å². The molecular formula is C8H14O4S. The van der Waals surface area contributed by atoms with Gasteiger partial charge in [-0.2, -0.15) is 8.42 Å². The highest BCUT2D eigenvalue weighted by atomic mass is 32.2. The van der Waals surface area contributed by atoms with Gasteiger partial charge < -0.3 is 0 Å². The van der Waals surface area contributed by atoms with E-state index in [1.807, 2.05) is 0 Å². The number of hydrogen-bond acceptors (Lipinski definition) is 3. The van der Waals surface area contributed by atoms with Crippen molar-refractivity contribution in [2.24, 2.45) is 0 Å². The Kier molecular flexibility index (Phi) is 3.44. The first kappa shape index (κ1) is 10.7. The van der Waals surface area contributed by atoms with E-state index in [4.69, 9.17) is 4.55 Å². The van der Waals surface area contributed by atoms with Gasteiger partial charge in [0.25, 0.3) is 10.1 Å². The second kappa shape index (κ2) is 4.19. The van der Waals surface area contributed by atoms with E-state index in [9.17, 15) is 13.2 Å². The molecule has 0 unspecified atom stereocenters. The molecule has 1 rings (SSSR count). The van der Waals surface area contributed by atoms with Crippen LogP contribution in [-0.4, -0.2) is 24.0 Å². The summed E-state index contributed by atoms with van der Waals surface area (Å²) >= 11 is 0. The van der Waals surface area contributed by atoms with Crippen molar-refractivity contribution in [1.82, 2.24) is 0 Å². The van der Waals surface area contributed by atoms with Crippen molar-refractivity contribution in [1.29, 1.82) is 0 Å². The molecule has 0 saturated heterocycles. The summed E-state index contributed by atoms with van der Waals surface area (Å²) in [5.74, 6) is -0.331. The van der Waals surface area contributed by atoms with E-state index in [1.165, 1.54) is 0 Å². The molecule has 1 aliphatic rings. The molecule has 1 saturated carbocycles. The van der Waals surface area contributed by atoms with E-state index in [1.54, 1.807) is 0 Å². The second-order valence-electron chi connectivity index (χ2n) is 3.42. The standard InChI is InChI=1S/C8H14O4S/c9-7-5-3-1-2-4-6-8(7)13(10,11)12/h8H,1-6H2,(H,10,11,12)/t8-/m0/s1. The molecule has 0 aromatic carbocycles. The topological polar surface area (TPSA) is 71.4 Å². The van der Waals surface area contributed by atoms with Gasteiger partial charge in [-0.1, -0.05) is 19.3 Å². The van der Waals surface area contributed by atoms with Crippen molar-refractivity contribution in [2.75, 3.05) is 0 Å². The smallest absolute Gasteiger partial charge is 0.274 e. The Hall–Kier alpha value is -0.420. The molecule has 0 bridgehead atoms. The van der Waals surface area contributed by atoms with Crippen LogP contribution in [0.3, 0.4) is 0 Å². The van der Waals surface area contributed by atoms with E-state index < -0.39 is 15.4 Å². The number of ketones is 1. The first-order valence-electron chi connectivity index (χ1n) is 4.51. The van der Waals surface area contributed by atoms with Gasteiger partial charge in [-0.3, -0.25) is 9.35 Å². The highest BCUT2D eigenvalue weighted by Crippen LogP contribution is 2.19. The summed E-state index contributed by atoms with van der Waals surface area (Å²) in [6.45, 7) is 0. The molecule has 13 heavy (non-hydrogen) atoms. The molecule has 0 spiro atoms. The predicted octanol–water partition coefficient (Wildman–Crippen LogP) is 1.17. The Bertz CT molecular complexity index is 281. The highest BCUT2D eigenvalue weighted by molar-refractivity contribution is 7.87. The van der Waals surface area contributed by atoms with Crippen molar-refractivity contribution >= 4 is 15.9 Å². The van der Waals surface area contributed by atoms with E-state index in [-0.39, 0.29) is 18.6 Å². The summed E-state index contributed by atoms with van der Waals surface area (Å²) in [6, 6.07) is 0.